The van der Waals surface area contributed by atoms with Gasteiger partial charge in [-0.1, -0.05) is 234 Å². The number of hydrogen-bond donors (Lipinski definition) is 0. The number of rotatable bonds is 53. The van der Waals surface area contributed by atoms with Crippen molar-refractivity contribution in [3.63, 3.8) is 0 Å². The monoisotopic (exact) mass is 975 g/mol. The molecule has 0 aromatic heterocycles. The van der Waals surface area contributed by atoms with E-state index in [0.717, 1.165) is 96.3 Å². The van der Waals surface area contributed by atoms with Crippen LogP contribution in [0.25, 0.3) is 0 Å². The maximum absolute atomic E-state index is 12.9. The van der Waals surface area contributed by atoms with Crippen LogP contribution in [-0.4, -0.2) is 37.2 Å². The minimum atomic E-state index is -0.800. The molecule has 0 saturated carbocycles. The van der Waals surface area contributed by atoms with E-state index in [9.17, 15) is 14.4 Å². The van der Waals surface area contributed by atoms with Crippen molar-refractivity contribution in [2.75, 3.05) is 13.2 Å². The lowest BCUT2D eigenvalue weighted by molar-refractivity contribution is -0.167. The quantitative estimate of drug-likeness (QED) is 0.0261. The summed E-state index contributed by atoms with van der Waals surface area (Å²) < 4.78 is 16.8. The SMILES string of the molecule is CC/C=C\C/C=C\C/C=C\C/C=C\CCCCC(=O)OCC(COC(=O)CCCCCCCCCCC/C=C\CCCCCCCC)OC(=O)CCCCCCCCC/C=C\C/C=C\CCCCCC. The predicted molar refractivity (Wildman–Crippen MR) is 302 cm³/mol. The molecule has 0 aromatic rings. The summed E-state index contributed by atoms with van der Waals surface area (Å²) in [6.45, 7) is 6.48. The lowest BCUT2D eigenvalue weighted by Crippen LogP contribution is -2.30. The molecule has 70 heavy (non-hydrogen) atoms. The van der Waals surface area contributed by atoms with E-state index >= 15 is 0 Å². The molecule has 0 aliphatic rings. The molecule has 0 aliphatic carbocycles. The highest BCUT2D eigenvalue weighted by Gasteiger charge is 2.19. The average Bonchev–Trinajstić information content (AvgIpc) is 3.36. The fourth-order valence-corrected chi connectivity index (χ4v) is 8.16. The zero-order valence-corrected chi connectivity index (χ0v) is 46.0. The van der Waals surface area contributed by atoms with Crippen LogP contribution in [0.4, 0.5) is 0 Å². The van der Waals surface area contributed by atoms with Gasteiger partial charge >= 0.3 is 17.9 Å². The Balaban J connectivity index is 4.43. The van der Waals surface area contributed by atoms with E-state index in [1.54, 1.807) is 0 Å². The number of ether oxygens (including phenoxy) is 3. The molecule has 0 rings (SSSR count). The smallest absolute Gasteiger partial charge is 0.306 e. The molecular weight excluding hydrogens is 865 g/mol. The molecule has 6 nitrogen and oxygen atoms in total. The number of hydrogen-bond acceptors (Lipinski definition) is 6. The number of carbonyl (C=O) groups excluding carboxylic acids is 3. The van der Waals surface area contributed by atoms with Crippen LogP contribution in [0.15, 0.2) is 85.1 Å². The van der Waals surface area contributed by atoms with Crippen molar-refractivity contribution >= 4 is 17.9 Å². The average molecular weight is 976 g/mol. The van der Waals surface area contributed by atoms with E-state index in [-0.39, 0.29) is 31.1 Å². The summed E-state index contributed by atoms with van der Waals surface area (Å²) in [5.74, 6) is -0.940. The zero-order valence-electron chi connectivity index (χ0n) is 46.0. The second-order valence-electron chi connectivity index (χ2n) is 19.5. The molecule has 0 aromatic carbocycles. The van der Waals surface area contributed by atoms with Gasteiger partial charge < -0.3 is 14.2 Å². The number of unbranched alkanes of at least 4 members (excludes halogenated alkanes) is 28. The van der Waals surface area contributed by atoms with E-state index in [1.807, 2.05) is 0 Å². The van der Waals surface area contributed by atoms with Gasteiger partial charge in [-0.05, 0) is 116 Å². The van der Waals surface area contributed by atoms with Crippen molar-refractivity contribution < 1.29 is 28.6 Å². The Bertz CT molecular complexity index is 1350. The molecule has 0 heterocycles. The first-order chi connectivity index (χ1) is 34.5. The van der Waals surface area contributed by atoms with Crippen LogP contribution in [0.5, 0.6) is 0 Å². The normalized spacial score (nSPS) is 12.7. The van der Waals surface area contributed by atoms with Gasteiger partial charge in [-0.15, -0.1) is 0 Å². The predicted octanol–water partition coefficient (Wildman–Crippen LogP) is 19.9. The van der Waals surface area contributed by atoms with Gasteiger partial charge in [0.1, 0.15) is 13.2 Å². The van der Waals surface area contributed by atoms with Crippen LogP contribution < -0.4 is 0 Å². The molecule has 0 radical (unpaired) electrons. The maximum atomic E-state index is 12.9. The number of allylic oxidation sites excluding steroid dienone is 14. The zero-order chi connectivity index (χ0) is 50.7. The van der Waals surface area contributed by atoms with Gasteiger partial charge in [0.2, 0.25) is 0 Å². The summed E-state index contributed by atoms with van der Waals surface area (Å²) in [5, 5.41) is 0. The van der Waals surface area contributed by atoms with Crippen LogP contribution in [-0.2, 0) is 28.6 Å². The number of esters is 3. The highest BCUT2D eigenvalue weighted by Crippen LogP contribution is 2.15. The molecule has 6 heteroatoms. The molecule has 1 unspecified atom stereocenters. The van der Waals surface area contributed by atoms with Gasteiger partial charge in [0.15, 0.2) is 6.10 Å². The molecule has 0 fully saturated rings. The fraction of sp³-hybridized carbons (Fsp3) is 0.734. The van der Waals surface area contributed by atoms with E-state index in [2.05, 4.69) is 106 Å². The molecule has 0 amide bonds. The molecular formula is C64H110O6. The van der Waals surface area contributed by atoms with Crippen molar-refractivity contribution in [2.24, 2.45) is 0 Å². The Kier molecular flexibility index (Phi) is 55.3. The summed E-state index contributed by atoms with van der Waals surface area (Å²) in [7, 11) is 0. The van der Waals surface area contributed by atoms with Gasteiger partial charge in [-0.3, -0.25) is 14.4 Å². The largest absolute Gasteiger partial charge is 0.462 e. The summed E-state index contributed by atoms with van der Waals surface area (Å²) >= 11 is 0. The second kappa shape index (κ2) is 58.2. The molecule has 402 valence electrons. The third-order valence-corrected chi connectivity index (χ3v) is 12.6. The Morgan fingerprint density at radius 2 is 0.557 bits per heavy atom. The molecule has 0 aliphatic heterocycles. The first-order valence-corrected chi connectivity index (χ1v) is 29.6. The summed E-state index contributed by atoms with van der Waals surface area (Å²) in [5.41, 5.74) is 0. The van der Waals surface area contributed by atoms with Gasteiger partial charge in [-0.2, -0.15) is 0 Å². The lowest BCUT2D eigenvalue weighted by atomic mass is 10.1. The molecule has 0 spiro atoms. The van der Waals surface area contributed by atoms with E-state index in [1.165, 1.54) is 148 Å². The molecule has 0 N–H and O–H groups in total. The van der Waals surface area contributed by atoms with Crippen LogP contribution >= 0.6 is 0 Å². The van der Waals surface area contributed by atoms with Gasteiger partial charge in [0, 0.05) is 19.3 Å². The minimum Gasteiger partial charge on any atom is -0.462 e. The third kappa shape index (κ3) is 55.5. The van der Waals surface area contributed by atoms with Crippen molar-refractivity contribution in [1.29, 1.82) is 0 Å². The Morgan fingerprint density at radius 1 is 0.300 bits per heavy atom. The molecule has 1 atom stereocenters. The Labute approximate surface area is 433 Å². The minimum absolute atomic E-state index is 0.0936. The van der Waals surface area contributed by atoms with Gasteiger partial charge in [0.25, 0.3) is 0 Å². The lowest BCUT2D eigenvalue weighted by Gasteiger charge is -2.18. The van der Waals surface area contributed by atoms with E-state index in [4.69, 9.17) is 14.2 Å². The molecule has 0 saturated heterocycles. The Hall–Kier alpha value is -3.41. The van der Waals surface area contributed by atoms with Crippen molar-refractivity contribution in [1.82, 2.24) is 0 Å². The highest BCUT2D eigenvalue weighted by molar-refractivity contribution is 5.71. The van der Waals surface area contributed by atoms with Crippen LogP contribution in [0.3, 0.4) is 0 Å². The topological polar surface area (TPSA) is 78.9 Å². The van der Waals surface area contributed by atoms with Crippen LogP contribution in [0.1, 0.15) is 284 Å². The van der Waals surface area contributed by atoms with Gasteiger partial charge in [-0.25, -0.2) is 0 Å². The van der Waals surface area contributed by atoms with Gasteiger partial charge in [0.05, 0.1) is 0 Å². The van der Waals surface area contributed by atoms with Crippen LogP contribution in [0.2, 0.25) is 0 Å². The first-order valence-electron chi connectivity index (χ1n) is 29.6. The molecule has 0 bridgehead atoms. The third-order valence-electron chi connectivity index (χ3n) is 12.6. The second-order valence-corrected chi connectivity index (χ2v) is 19.5. The van der Waals surface area contributed by atoms with Crippen LogP contribution in [0, 0.1) is 0 Å². The summed E-state index contributed by atoms with van der Waals surface area (Å²) in [4.78, 5) is 38.2. The standard InChI is InChI=1S/C64H110O6/c1-4-7-10-13-16-19-22-25-28-30-32-34-36-39-42-45-48-51-54-57-63(66)69-60-61(59-68-62(65)56-53-50-47-44-41-38-35-27-24-21-18-15-12-9-6-3)70-64(67)58-55-52-49-46-43-40-37-33-31-29-26-23-20-17-14-11-8-5-2/h9,12,18,20-21,23,25,27-29,31,35,41,44,61H,4-8,10-11,13-17,19,22,24,26,30,32-34,36-40,42-43,45-60H2,1-3H3/b12-9-,21-18-,23-20-,28-25-,31-29-,35-27-,44-41-. The van der Waals surface area contributed by atoms with E-state index in [0.29, 0.717) is 19.3 Å². The van der Waals surface area contributed by atoms with Crippen molar-refractivity contribution in [2.45, 2.75) is 290 Å². The maximum Gasteiger partial charge on any atom is 0.306 e. The van der Waals surface area contributed by atoms with Crippen molar-refractivity contribution in [3.05, 3.63) is 85.1 Å². The first kappa shape index (κ1) is 66.6. The summed E-state index contributed by atoms with van der Waals surface area (Å²) in [6, 6.07) is 0. The summed E-state index contributed by atoms with van der Waals surface area (Å²) in [6.07, 6.45) is 75.8. The Morgan fingerprint density at radius 3 is 0.929 bits per heavy atom. The van der Waals surface area contributed by atoms with Crippen molar-refractivity contribution in [3.8, 4) is 0 Å². The van der Waals surface area contributed by atoms with E-state index < -0.39 is 6.10 Å². The highest BCUT2D eigenvalue weighted by atomic mass is 16.6. The fourth-order valence-electron chi connectivity index (χ4n) is 8.16. The number of carbonyl (C=O) groups is 3.